The number of nitrogens with one attached hydrogen (secondary N) is 3. The third-order valence-corrected chi connectivity index (χ3v) is 3.28. The molecule has 0 aliphatic rings. The zero-order valence-electron chi connectivity index (χ0n) is 11.6. The van der Waals surface area contributed by atoms with Crippen molar-refractivity contribution < 1.29 is 9.73 Å². The predicted molar refractivity (Wildman–Crippen MR) is 85.5 cm³/mol. The van der Waals surface area contributed by atoms with Crippen LogP contribution in [0.15, 0.2) is 29.1 Å². The Labute approximate surface area is 136 Å². The van der Waals surface area contributed by atoms with E-state index in [1.54, 1.807) is 18.2 Å². The van der Waals surface area contributed by atoms with Crippen molar-refractivity contribution in [3.05, 3.63) is 50.4 Å². The zero-order chi connectivity index (χ0) is 16.1. The molecule has 1 heterocycles. The highest BCUT2D eigenvalue weighted by Gasteiger charge is 2.07. The molecule has 0 amide bonds. The number of hydrogen-bond donors (Lipinski definition) is 4. The summed E-state index contributed by atoms with van der Waals surface area (Å²) in [7, 11) is 1.52. The van der Waals surface area contributed by atoms with E-state index in [2.05, 4.69) is 20.3 Å². The van der Waals surface area contributed by atoms with Gasteiger partial charge in [0.15, 0.2) is 0 Å². The van der Waals surface area contributed by atoms with Gasteiger partial charge < -0.3 is 10.5 Å². The number of anilines is 1. The normalized spacial score (nSPS) is 11.5. The fourth-order valence-electron chi connectivity index (χ4n) is 1.68. The van der Waals surface area contributed by atoms with Crippen LogP contribution in [0.25, 0.3) is 0 Å². The summed E-state index contributed by atoms with van der Waals surface area (Å²) in [6.07, 6.45) is 0. The number of rotatable bonds is 4. The lowest BCUT2D eigenvalue weighted by molar-refractivity contribution is -0.365. The second kappa shape index (κ2) is 7.26. The van der Waals surface area contributed by atoms with Gasteiger partial charge in [-0.1, -0.05) is 23.2 Å². The number of hydrogen-bond acceptors (Lipinski definition) is 3. The summed E-state index contributed by atoms with van der Waals surface area (Å²) in [6.45, 7) is 0.221. The van der Waals surface area contributed by atoms with Crippen LogP contribution in [0.2, 0.25) is 10.0 Å². The molecule has 0 radical (unpaired) electrons. The first kappa shape index (κ1) is 16.3. The molecule has 0 bridgehead atoms. The highest BCUT2D eigenvalue weighted by Crippen LogP contribution is 2.24. The Hall–Kier alpha value is -2.09. The molecule has 116 valence electrons. The molecule has 2 rings (SSSR count). The molecule has 22 heavy (non-hydrogen) atoms. The number of nitrogens with two attached hydrogens (primary N) is 1. The molecule has 0 spiro atoms. The first-order chi connectivity index (χ1) is 10.5. The van der Waals surface area contributed by atoms with E-state index < -0.39 is 0 Å². The van der Waals surface area contributed by atoms with Crippen molar-refractivity contribution in [2.45, 2.75) is 6.61 Å². The average molecular weight is 343 g/mol. The minimum atomic E-state index is -0.313. The minimum Gasteiger partial charge on any atom is -0.377 e. The van der Waals surface area contributed by atoms with Crippen LogP contribution in [0.1, 0.15) is 5.69 Å². The number of methoxy groups -OCH3 is 1. The van der Waals surface area contributed by atoms with Crippen LogP contribution in [0.4, 0.5) is 11.6 Å². The van der Waals surface area contributed by atoms with Gasteiger partial charge >= 0.3 is 5.95 Å². The molecule has 0 fully saturated rings. The fourth-order valence-corrected chi connectivity index (χ4v) is 1.98. The third-order valence-electron chi connectivity index (χ3n) is 2.54. The van der Waals surface area contributed by atoms with E-state index in [-0.39, 0.29) is 24.1 Å². The van der Waals surface area contributed by atoms with Gasteiger partial charge in [-0.25, -0.2) is 9.98 Å². The Morgan fingerprint density at radius 3 is 2.86 bits per heavy atom. The molecule has 2 aromatic rings. The molecular weight excluding hydrogens is 329 g/mol. The number of benzene rings is 1. The Morgan fingerprint density at radius 2 is 2.18 bits per heavy atom. The standard InChI is InChI=1S/C13H13Cl2N5O2/c1-22-6-8-5-11(21)19-13(18-8)20-12(16)17-7-2-3-9(14)10(15)4-7/h2-5H,6H2,1H3,(H4,16,17,18,19,20,21)/p+1. The van der Waals surface area contributed by atoms with E-state index in [1.165, 1.54) is 13.2 Å². The maximum Gasteiger partial charge on any atom is 0.325 e. The summed E-state index contributed by atoms with van der Waals surface area (Å²) in [5.41, 5.74) is 6.63. The van der Waals surface area contributed by atoms with Gasteiger partial charge in [0, 0.05) is 13.2 Å². The zero-order valence-corrected chi connectivity index (χ0v) is 13.1. The summed E-state index contributed by atoms with van der Waals surface area (Å²) < 4.78 is 4.94. The Balaban J connectivity index is 2.21. The lowest BCUT2D eigenvalue weighted by atomic mass is 10.3. The van der Waals surface area contributed by atoms with Crippen molar-refractivity contribution in [2.24, 2.45) is 5.73 Å². The summed E-state index contributed by atoms with van der Waals surface area (Å²) in [6, 6.07) is 6.31. The van der Waals surface area contributed by atoms with Gasteiger partial charge in [0.2, 0.25) is 0 Å². The maximum atomic E-state index is 11.5. The fraction of sp³-hybridized carbons (Fsp3) is 0.154. The molecule has 0 aliphatic carbocycles. The SMILES string of the molecule is COCc1cc(=O)[nH]c([NH+]=C(N)Nc2ccc(Cl)c(Cl)c2)n1. The molecule has 0 saturated heterocycles. The number of ether oxygens (including phenoxy) is 1. The lowest BCUT2D eigenvalue weighted by Crippen LogP contribution is -2.73. The smallest absolute Gasteiger partial charge is 0.325 e. The van der Waals surface area contributed by atoms with Gasteiger partial charge in [-0.3, -0.25) is 10.1 Å². The lowest BCUT2D eigenvalue weighted by Gasteiger charge is -2.03. The molecule has 0 aliphatic heterocycles. The second-order valence-corrected chi connectivity index (χ2v) is 5.13. The third kappa shape index (κ3) is 4.45. The van der Waals surface area contributed by atoms with Crippen LogP contribution in [0.3, 0.4) is 0 Å². The van der Waals surface area contributed by atoms with Crippen molar-refractivity contribution in [1.29, 1.82) is 0 Å². The topological polar surface area (TPSA) is 107 Å². The number of halogens is 2. The molecular formula is C13H14Cl2N5O2+. The van der Waals surface area contributed by atoms with Gasteiger partial charge in [0.25, 0.3) is 11.5 Å². The quantitative estimate of drug-likeness (QED) is 0.474. The van der Waals surface area contributed by atoms with Gasteiger partial charge in [-0.15, -0.1) is 4.98 Å². The highest BCUT2D eigenvalue weighted by molar-refractivity contribution is 6.42. The van der Waals surface area contributed by atoms with Crippen LogP contribution in [0.5, 0.6) is 0 Å². The monoisotopic (exact) mass is 342 g/mol. The van der Waals surface area contributed by atoms with E-state index >= 15 is 0 Å². The van der Waals surface area contributed by atoms with Gasteiger partial charge in [0.1, 0.15) is 5.69 Å². The number of aromatic nitrogens is 2. The van der Waals surface area contributed by atoms with E-state index in [4.69, 9.17) is 33.7 Å². The first-order valence-corrected chi connectivity index (χ1v) is 6.94. The van der Waals surface area contributed by atoms with Crippen LogP contribution >= 0.6 is 23.2 Å². The van der Waals surface area contributed by atoms with Crippen molar-refractivity contribution in [1.82, 2.24) is 9.97 Å². The summed E-state index contributed by atoms with van der Waals surface area (Å²) >= 11 is 11.8. The number of H-pyrrole nitrogens is 1. The van der Waals surface area contributed by atoms with Gasteiger partial charge in [-0.05, 0) is 18.2 Å². The summed E-state index contributed by atoms with van der Waals surface area (Å²) in [4.78, 5) is 20.9. The van der Waals surface area contributed by atoms with Crippen LogP contribution in [-0.4, -0.2) is 23.0 Å². The van der Waals surface area contributed by atoms with Crippen molar-refractivity contribution in [2.75, 3.05) is 12.4 Å². The maximum absolute atomic E-state index is 11.5. The second-order valence-electron chi connectivity index (χ2n) is 4.31. The first-order valence-electron chi connectivity index (χ1n) is 6.18. The molecule has 0 atom stereocenters. The molecule has 0 unspecified atom stereocenters. The number of guanidine groups is 1. The largest absolute Gasteiger partial charge is 0.377 e. The van der Waals surface area contributed by atoms with E-state index in [0.29, 0.717) is 21.4 Å². The number of aromatic amines is 1. The van der Waals surface area contributed by atoms with E-state index in [0.717, 1.165) is 0 Å². The number of nitrogens with zero attached hydrogens (tertiary/aromatic N) is 1. The molecule has 7 nitrogen and oxygen atoms in total. The molecule has 1 aromatic carbocycles. The van der Waals surface area contributed by atoms with E-state index in [1.807, 2.05) is 0 Å². The summed E-state index contributed by atoms with van der Waals surface area (Å²) in [5, 5.41) is 3.71. The van der Waals surface area contributed by atoms with Crippen LogP contribution in [0, 0.1) is 0 Å². The highest BCUT2D eigenvalue weighted by atomic mass is 35.5. The molecule has 0 saturated carbocycles. The van der Waals surface area contributed by atoms with E-state index in [9.17, 15) is 4.79 Å². The minimum absolute atomic E-state index is 0.163. The van der Waals surface area contributed by atoms with Crippen molar-refractivity contribution in [3.8, 4) is 0 Å². The van der Waals surface area contributed by atoms with Crippen molar-refractivity contribution >= 4 is 40.8 Å². The van der Waals surface area contributed by atoms with Gasteiger partial charge in [0.05, 0.1) is 22.3 Å². The summed E-state index contributed by atoms with van der Waals surface area (Å²) in [5.74, 6) is 0.362. The van der Waals surface area contributed by atoms with Crippen molar-refractivity contribution in [3.63, 3.8) is 0 Å². The van der Waals surface area contributed by atoms with Crippen LogP contribution in [-0.2, 0) is 11.3 Å². The average Bonchev–Trinajstić information content (AvgIpc) is 2.42. The van der Waals surface area contributed by atoms with Crippen LogP contribution < -0.4 is 21.6 Å². The predicted octanol–water partition coefficient (Wildman–Crippen LogP) is 0.362. The van der Waals surface area contributed by atoms with Gasteiger partial charge in [-0.2, -0.15) is 0 Å². The Bertz CT molecular complexity index is 760. The molecule has 1 aromatic heterocycles. The molecule has 9 heteroatoms. The molecule has 5 N–H and O–H groups in total. The Morgan fingerprint density at radius 1 is 1.41 bits per heavy atom. The Kier molecular flexibility index (Phi) is 5.37.